The number of carbonyl (C=O) groups is 2. The number of amides is 2. The van der Waals surface area contributed by atoms with Gasteiger partial charge in [0.1, 0.15) is 5.75 Å². The summed E-state index contributed by atoms with van der Waals surface area (Å²) in [6, 6.07) is 10.7. The Balaban J connectivity index is 2.04. The van der Waals surface area contributed by atoms with Crippen molar-refractivity contribution < 1.29 is 14.3 Å². The molecule has 138 valence electrons. The Morgan fingerprint density at radius 3 is 2.54 bits per heavy atom. The molecular formula is C20H23ClN2O3. The van der Waals surface area contributed by atoms with Crippen LogP contribution in [0.2, 0.25) is 5.02 Å². The van der Waals surface area contributed by atoms with Crippen molar-refractivity contribution in [3.05, 3.63) is 58.1 Å². The lowest BCUT2D eigenvalue weighted by atomic mass is 10.0. The Morgan fingerprint density at radius 2 is 1.88 bits per heavy atom. The number of benzene rings is 2. The van der Waals surface area contributed by atoms with Crippen LogP contribution in [0.5, 0.6) is 5.75 Å². The van der Waals surface area contributed by atoms with E-state index in [0.29, 0.717) is 27.9 Å². The third-order valence-electron chi connectivity index (χ3n) is 3.96. The first kappa shape index (κ1) is 19.8. The van der Waals surface area contributed by atoms with Gasteiger partial charge in [-0.1, -0.05) is 37.6 Å². The van der Waals surface area contributed by atoms with Crippen LogP contribution in [0.4, 0.5) is 5.69 Å². The Morgan fingerprint density at radius 1 is 1.15 bits per heavy atom. The minimum Gasteiger partial charge on any atom is -0.483 e. The zero-order valence-corrected chi connectivity index (χ0v) is 16.1. The first-order valence-corrected chi connectivity index (χ1v) is 8.74. The number of nitrogens with one attached hydrogen (secondary N) is 2. The third kappa shape index (κ3) is 4.99. The van der Waals surface area contributed by atoms with Gasteiger partial charge in [-0.25, -0.2) is 0 Å². The predicted molar refractivity (Wildman–Crippen MR) is 104 cm³/mol. The highest BCUT2D eigenvalue weighted by Gasteiger charge is 2.12. The molecule has 5 nitrogen and oxygen atoms in total. The van der Waals surface area contributed by atoms with Crippen molar-refractivity contribution in [3.63, 3.8) is 0 Å². The summed E-state index contributed by atoms with van der Waals surface area (Å²) in [5, 5.41) is 5.54. The molecule has 0 saturated carbocycles. The maximum absolute atomic E-state index is 12.2. The van der Waals surface area contributed by atoms with Gasteiger partial charge in [0.25, 0.3) is 11.8 Å². The number of hydrogen-bond donors (Lipinski definition) is 2. The number of aryl methyl sites for hydroxylation is 1. The fourth-order valence-electron chi connectivity index (χ4n) is 2.38. The van der Waals surface area contributed by atoms with Gasteiger partial charge in [0.15, 0.2) is 6.61 Å². The number of rotatable bonds is 6. The second kappa shape index (κ2) is 8.72. The summed E-state index contributed by atoms with van der Waals surface area (Å²) >= 11 is 6.01. The van der Waals surface area contributed by atoms with E-state index < -0.39 is 0 Å². The van der Waals surface area contributed by atoms with E-state index in [0.717, 1.165) is 11.1 Å². The molecule has 2 rings (SSSR count). The van der Waals surface area contributed by atoms with E-state index in [2.05, 4.69) is 30.5 Å². The van der Waals surface area contributed by atoms with Crippen LogP contribution in [0, 0.1) is 6.92 Å². The maximum atomic E-state index is 12.2. The fraction of sp³-hybridized carbons (Fsp3) is 0.300. The lowest BCUT2D eigenvalue weighted by Gasteiger charge is -2.13. The number of hydrogen-bond acceptors (Lipinski definition) is 3. The molecule has 0 aliphatic carbocycles. The first-order chi connectivity index (χ1) is 12.3. The average Bonchev–Trinajstić information content (AvgIpc) is 2.61. The second-order valence-electron chi connectivity index (χ2n) is 6.29. The molecule has 6 heteroatoms. The summed E-state index contributed by atoms with van der Waals surface area (Å²) < 4.78 is 5.67. The van der Waals surface area contributed by atoms with Crippen LogP contribution in [0.25, 0.3) is 0 Å². The van der Waals surface area contributed by atoms with Gasteiger partial charge in [0.05, 0.1) is 10.6 Å². The van der Waals surface area contributed by atoms with Gasteiger partial charge in [-0.05, 0) is 48.2 Å². The normalized spacial score (nSPS) is 10.5. The zero-order chi connectivity index (χ0) is 19.3. The van der Waals surface area contributed by atoms with Gasteiger partial charge in [-0.2, -0.15) is 0 Å². The number of carbonyl (C=O) groups excluding carboxylic acids is 2. The van der Waals surface area contributed by atoms with Crippen molar-refractivity contribution in [2.24, 2.45) is 0 Å². The molecule has 0 unspecified atom stereocenters. The lowest BCUT2D eigenvalue weighted by Crippen LogP contribution is -2.22. The van der Waals surface area contributed by atoms with Gasteiger partial charge >= 0.3 is 0 Å². The van der Waals surface area contributed by atoms with Crippen LogP contribution in [-0.2, 0) is 4.79 Å². The molecule has 26 heavy (non-hydrogen) atoms. The molecule has 2 aromatic rings. The van der Waals surface area contributed by atoms with Crippen molar-refractivity contribution in [2.45, 2.75) is 26.7 Å². The summed E-state index contributed by atoms with van der Waals surface area (Å²) in [5.41, 5.74) is 2.90. The Bertz CT molecular complexity index is 819. The van der Waals surface area contributed by atoms with Crippen molar-refractivity contribution in [3.8, 4) is 5.75 Å². The Labute approximate surface area is 158 Å². The molecule has 0 aromatic heterocycles. The summed E-state index contributed by atoms with van der Waals surface area (Å²) in [7, 11) is 1.52. The summed E-state index contributed by atoms with van der Waals surface area (Å²) in [5.74, 6) is 0.436. The molecule has 0 aliphatic heterocycles. The highest BCUT2D eigenvalue weighted by Crippen LogP contribution is 2.24. The highest BCUT2D eigenvalue weighted by atomic mass is 35.5. The molecule has 0 spiro atoms. The van der Waals surface area contributed by atoms with E-state index in [-0.39, 0.29) is 18.4 Å². The van der Waals surface area contributed by atoms with E-state index in [1.807, 2.05) is 19.1 Å². The number of ether oxygens (including phenoxy) is 1. The van der Waals surface area contributed by atoms with Crippen molar-refractivity contribution in [2.75, 3.05) is 19.0 Å². The van der Waals surface area contributed by atoms with Crippen LogP contribution in [0.15, 0.2) is 36.4 Å². The zero-order valence-electron chi connectivity index (χ0n) is 15.4. The predicted octanol–water partition coefficient (Wildman–Crippen LogP) is 4.15. The monoisotopic (exact) mass is 374 g/mol. The SMILES string of the molecule is CNC(=O)c1cc(NC(=O)COc2cc(C(C)C)ccc2C)ccc1Cl. The minimum absolute atomic E-state index is 0.125. The van der Waals surface area contributed by atoms with E-state index in [1.165, 1.54) is 13.1 Å². The molecule has 0 aliphatic rings. The van der Waals surface area contributed by atoms with Crippen LogP contribution in [0.1, 0.15) is 41.3 Å². The van der Waals surface area contributed by atoms with Crippen LogP contribution in [0.3, 0.4) is 0 Å². The smallest absolute Gasteiger partial charge is 0.262 e. The lowest BCUT2D eigenvalue weighted by molar-refractivity contribution is -0.118. The van der Waals surface area contributed by atoms with E-state index in [9.17, 15) is 9.59 Å². The van der Waals surface area contributed by atoms with Crippen LogP contribution in [-0.4, -0.2) is 25.5 Å². The largest absolute Gasteiger partial charge is 0.483 e. The Hall–Kier alpha value is -2.53. The van der Waals surface area contributed by atoms with E-state index in [4.69, 9.17) is 16.3 Å². The molecule has 0 atom stereocenters. The molecule has 0 fully saturated rings. The molecule has 2 aromatic carbocycles. The minimum atomic E-state index is -0.316. The fourth-order valence-corrected chi connectivity index (χ4v) is 2.59. The van der Waals surface area contributed by atoms with Crippen LogP contribution >= 0.6 is 11.6 Å². The van der Waals surface area contributed by atoms with Gasteiger partial charge in [0.2, 0.25) is 0 Å². The highest BCUT2D eigenvalue weighted by molar-refractivity contribution is 6.34. The summed E-state index contributed by atoms with van der Waals surface area (Å²) in [4.78, 5) is 24.0. The van der Waals surface area contributed by atoms with E-state index in [1.54, 1.807) is 12.1 Å². The molecular weight excluding hydrogens is 352 g/mol. The second-order valence-corrected chi connectivity index (χ2v) is 6.70. The molecule has 0 heterocycles. The van der Waals surface area contributed by atoms with Crippen molar-refractivity contribution in [1.82, 2.24) is 5.32 Å². The quantitative estimate of drug-likeness (QED) is 0.798. The van der Waals surface area contributed by atoms with Gasteiger partial charge in [-0.3, -0.25) is 9.59 Å². The molecule has 0 bridgehead atoms. The first-order valence-electron chi connectivity index (χ1n) is 8.36. The van der Waals surface area contributed by atoms with Gasteiger partial charge < -0.3 is 15.4 Å². The molecule has 0 saturated heterocycles. The maximum Gasteiger partial charge on any atom is 0.262 e. The molecule has 2 N–H and O–H groups in total. The molecule has 0 radical (unpaired) electrons. The summed E-state index contributed by atoms with van der Waals surface area (Å²) in [6.45, 7) is 6.02. The van der Waals surface area contributed by atoms with Crippen LogP contribution < -0.4 is 15.4 Å². The standard InChI is InChI=1S/C20H23ClN2O3/c1-12(2)14-6-5-13(3)18(9-14)26-11-19(24)23-15-7-8-17(21)16(10-15)20(25)22-4/h5-10,12H,11H2,1-4H3,(H,22,25)(H,23,24). The van der Waals surface area contributed by atoms with Gasteiger partial charge in [-0.15, -0.1) is 0 Å². The van der Waals surface area contributed by atoms with Gasteiger partial charge in [0, 0.05) is 12.7 Å². The van der Waals surface area contributed by atoms with Crippen molar-refractivity contribution >= 4 is 29.1 Å². The molecule has 2 amide bonds. The van der Waals surface area contributed by atoms with Crippen molar-refractivity contribution in [1.29, 1.82) is 0 Å². The number of anilines is 1. The Kier molecular flexibility index (Phi) is 6.64. The third-order valence-corrected chi connectivity index (χ3v) is 4.29. The average molecular weight is 375 g/mol. The number of halogens is 1. The summed E-state index contributed by atoms with van der Waals surface area (Å²) in [6.07, 6.45) is 0. The topological polar surface area (TPSA) is 67.4 Å². The van der Waals surface area contributed by atoms with E-state index >= 15 is 0 Å².